The van der Waals surface area contributed by atoms with Crippen molar-refractivity contribution < 1.29 is 4.74 Å². The molecule has 1 aromatic heterocycles. The Morgan fingerprint density at radius 2 is 2.43 bits per heavy atom. The number of ether oxygens (including phenoxy) is 1. The molecule has 0 aromatic carbocycles. The molecule has 0 amide bonds. The topological polar surface area (TPSA) is 39.1 Å². The van der Waals surface area contributed by atoms with Gasteiger partial charge in [-0.2, -0.15) is 5.10 Å². The van der Waals surface area contributed by atoms with Crippen molar-refractivity contribution in [2.45, 2.75) is 25.9 Å². The minimum atomic E-state index is 0.419. The van der Waals surface area contributed by atoms with Gasteiger partial charge in [0.1, 0.15) is 0 Å². The zero-order valence-electron chi connectivity index (χ0n) is 9.16. The van der Waals surface area contributed by atoms with Crippen molar-refractivity contribution in [3.05, 3.63) is 18.0 Å². The van der Waals surface area contributed by atoms with E-state index in [0.29, 0.717) is 6.04 Å². The first-order valence-electron chi connectivity index (χ1n) is 4.97. The van der Waals surface area contributed by atoms with Crippen LogP contribution in [0.5, 0.6) is 0 Å². The number of hydrogen-bond acceptors (Lipinski definition) is 3. The Bertz CT molecular complexity index is 260. The molecule has 1 heterocycles. The summed E-state index contributed by atoms with van der Waals surface area (Å²) in [5.74, 6) is 0. The van der Waals surface area contributed by atoms with Gasteiger partial charge < -0.3 is 10.1 Å². The Hall–Kier alpha value is -0.870. The predicted molar refractivity (Wildman–Crippen MR) is 56.0 cm³/mol. The van der Waals surface area contributed by atoms with Crippen molar-refractivity contribution in [1.82, 2.24) is 15.1 Å². The van der Waals surface area contributed by atoms with E-state index in [2.05, 4.69) is 17.3 Å². The summed E-state index contributed by atoms with van der Waals surface area (Å²) >= 11 is 0. The lowest BCUT2D eigenvalue weighted by molar-refractivity contribution is 0.163. The maximum absolute atomic E-state index is 5.10. The summed E-state index contributed by atoms with van der Waals surface area (Å²) in [6.07, 6.45) is 3.02. The molecule has 0 fully saturated rings. The molecule has 0 saturated heterocycles. The number of methoxy groups -OCH3 is 1. The summed E-state index contributed by atoms with van der Waals surface area (Å²) in [6.45, 7) is 3.71. The molecular formula is C10H19N3O. The van der Waals surface area contributed by atoms with Gasteiger partial charge >= 0.3 is 0 Å². The molecule has 1 unspecified atom stereocenters. The van der Waals surface area contributed by atoms with E-state index in [-0.39, 0.29) is 0 Å². The summed E-state index contributed by atoms with van der Waals surface area (Å²) in [4.78, 5) is 0. The Morgan fingerprint density at radius 3 is 2.93 bits per heavy atom. The number of nitrogens with zero attached hydrogens (tertiary/aromatic N) is 2. The van der Waals surface area contributed by atoms with Crippen molar-refractivity contribution in [2.24, 2.45) is 7.05 Å². The van der Waals surface area contributed by atoms with Crippen LogP contribution in [0.4, 0.5) is 0 Å². The summed E-state index contributed by atoms with van der Waals surface area (Å²) in [5.41, 5.74) is 1.07. The third kappa shape index (κ3) is 3.47. The lowest BCUT2D eigenvalue weighted by atomic mass is 10.2. The van der Waals surface area contributed by atoms with E-state index >= 15 is 0 Å². The fourth-order valence-electron chi connectivity index (χ4n) is 1.33. The minimum absolute atomic E-state index is 0.419. The van der Waals surface area contributed by atoms with E-state index in [9.17, 15) is 0 Å². The second-order valence-electron chi connectivity index (χ2n) is 3.42. The molecular weight excluding hydrogens is 178 g/mol. The van der Waals surface area contributed by atoms with Crippen molar-refractivity contribution in [1.29, 1.82) is 0 Å². The maximum atomic E-state index is 5.10. The first-order chi connectivity index (χ1) is 6.76. The quantitative estimate of drug-likeness (QED) is 0.737. The first-order valence-corrected chi connectivity index (χ1v) is 4.97. The molecule has 0 aliphatic heterocycles. The summed E-state index contributed by atoms with van der Waals surface area (Å²) < 4.78 is 6.91. The third-order valence-corrected chi connectivity index (χ3v) is 2.20. The Morgan fingerprint density at radius 1 is 1.64 bits per heavy atom. The van der Waals surface area contributed by atoms with E-state index in [1.165, 1.54) is 0 Å². The van der Waals surface area contributed by atoms with Crippen LogP contribution in [-0.2, 0) is 18.3 Å². The van der Waals surface area contributed by atoms with Crippen molar-refractivity contribution in [3.63, 3.8) is 0 Å². The smallest absolute Gasteiger partial charge is 0.0762 e. The van der Waals surface area contributed by atoms with Crippen LogP contribution in [0.1, 0.15) is 19.0 Å². The number of rotatable bonds is 6. The van der Waals surface area contributed by atoms with Gasteiger partial charge in [0.25, 0.3) is 0 Å². The molecule has 4 heteroatoms. The number of aryl methyl sites for hydroxylation is 1. The van der Waals surface area contributed by atoms with Gasteiger partial charge in [-0.25, -0.2) is 0 Å². The molecule has 0 radical (unpaired) electrons. The van der Waals surface area contributed by atoms with Gasteiger partial charge in [-0.3, -0.25) is 4.68 Å². The zero-order chi connectivity index (χ0) is 10.4. The lowest BCUT2D eigenvalue weighted by Gasteiger charge is -2.14. The SMILES string of the molecule is CCC(COC)NCc1ccn(C)n1. The summed E-state index contributed by atoms with van der Waals surface area (Å²) in [6, 6.07) is 2.44. The first kappa shape index (κ1) is 11.2. The molecule has 0 saturated carbocycles. The average Bonchev–Trinajstić information content (AvgIpc) is 2.59. The lowest BCUT2D eigenvalue weighted by Crippen LogP contribution is -2.32. The molecule has 80 valence electrons. The zero-order valence-corrected chi connectivity index (χ0v) is 9.16. The van der Waals surface area contributed by atoms with Crippen LogP contribution >= 0.6 is 0 Å². The molecule has 0 aliphatic carbocycles. The molecule has 1 atom stereocenters. The van der Waals surface area contributed by atoms with Gasteiger partial charge in [0, 0.05) is 32.9 Å². The molecule has 1 N–H and O–H groups in total. The van der Waals surface area contributed by atoms with E-state index in [0.717, 1.165) is 25.3 Å². The van der Waals surface area contributed by atoms with Crippen LogP contribution in [0.3, 0.4) is 0 Å². The molecule has 0 aliphatic rings. The molecule has 0 spiro atoms. The predicted octanol–water partition coefficient (Wildman–Crippen LogP) is 0.935. The maximum Gasteiger partial charge on any atom is 0.0762 e. The second-order valence-corrected chi connectivity index (χ2v) is 3.42. The van der Waals surface area contributed by atoms with Gasteiger partial charge in [-0.05, 0) is 12.5 Å². The van der Waals surface area contributed by atoms with Gasteiger partial charge in [0.2, 0.25) is 0 Å². The van der Waals surface area contributed by atoms with Gasteiger partial charge in [0.15, 0.2) is 0 Å². The number of hydrogen-bond donors (Lipinski definition) is 1. The largest absolute Gasteiger partial charge is 0.383 e. The highest BCUT2D eigenvalue weighted by Crippen LogP contribution is 1.97. The molecule has 1 rings (SSSR count). The van der Waals surface area contributed by atoms with Gasteiger partial charge in [-0.15, -0.1) is 0 Å². The van der Waals surface area contributed by atoms with Crippen molar-refractivity contribution in [2.75, 3.05) is 13.7 Å². The average molecular weight is 197 g/mol. The van der Waals surface area contributed by atoms with Crippen molar-refractivity contribution >= 4 is 0 Å². The van der Waals surface area contributed by atoms with Gasteiger partial charge in [-0.1, -0.05) is 6.92 Å². The Labute approximate surface area is 85.3 Å². The fourth-order valence-corrected chi connectivity index (χ4v) is 1.33. The molecule has 1 aromatic rings. The normalized spacial score (nSPS) is 13.1. The van der Waals surface area contributed by atoms with E-state index in [1.807, 2.05) is 24.0 Å². The minimum Gasteiger partial charge on any atom is -0.383 e. The monoisotopic (exact) mass is 197 g/mol. The highest BCUT2D eigenvalue weighted by molar-refractivity contribution is 4.98. The summed E-state index contributed by atoms with van der Waals surface area (Å²) in [7, 11) is 3.65. The molecule has 14 heavy (non-hydrogen) atoms. The highest BCUT2D eigenvalue weighted by Gasteiger charge is 2.05. The standard InChI is InChI=1S/C10H19N3O/c1-4-9(8-14-3)11-7-10-5-6-13(2)12-10/h5-6,9,11H,4,7-8H2,1-3H3. The third-order valence-electron chi connectivity index (χ3n) is 2.20. The number of nitrogens with one attached hydrogen (secondary N) is 1. The Balaban J connectivity index is 2.31. The molecule has 4 nitrogen and oxygen atoms in total. The van der Waals surface area contributed by atoms with Crippen LogP contribution in [0.15, 0.2) is 12.3 Å². The molecule has 0 bridgehead atoms. The van der Waals surface area contributed by atoms with E-state index in [1.54, 1.807) is 7.11 Å². The van der Waals surface area contributed by atoms with Crippen molar-refractivity contribution in [3.8, 4) is 0 Å². The van der Waals surface area contributed by atoms with Gasteiger partial charge in [0.05, 0.1) is 12.3 Å². The van der Waals surface area contributed by atoms with Crippen LogP contribution in [0.2, 0.25) is 0 Å². The summed E-state index contributed by atoms with van der Waals surface area (Å²) in [5, 5.41) is 7.69. The van der Waals surface area contributed by atoms with Crippen LogP contribution < -0.4 is 5.32 Å². The number of aromatic nitrogens is 2. The second kappa shape index (κ2) is 5.78. The Kier molecular flexibility index (Phi) is 4.62. The van der Waals surface area contributed by atoms with Crippen LogP contribution in [-0.4, -0.2) is 29.5 Å². The van der Waals surface area contributed by atoms with E-state index < -0.39 is 0 Å². The van der Waals surface area contributed by atoms with Crippen LogP contribution in [0.25, 0.3) is 0 Å². The van der Waals surface area contributed by atoms with Crippen LogP contribution in [0, 0.1) is 0 Å². The highest BCUT2D eigenvalue weighted by atomic mass is 16.5. The fraction of sp³-hybridized carbons (Fsp3) is 0.700. The van der Waals surface area contributed by atoms with E-state index in [4.69, 9.17) is 4.74 Å².